The van der Waals surface area contributed by atoms with Crippen LogP contribution in [0.3, 0.4) is 0 Å². The van der Waals surface area contributed by atoms with Crippen LogP contribution in [0.15, 0.2) is 194 Å². The van der Waals surface area contributed by atoms with Crippen LogP contribution in [0, 0.1) is 0 Å². The number of hydrogen-bond acceptors (Lipinski definition) is 2. The van der Waals surface area contributed by atoms with Gasteiger partial charge in [-0.3, -0.25) is 9.97 Å². The number of hydrogen-bond donors (Lipinski definition) is 0. The van der Waals surface area contributed by atoms with Crippen molar-refractivity contribution >= 4 is 75.9 Å². The molecule has 4 nitrogen and oxygen atoms in total. The highest BCUT2D eigenvalue weighted by molar-refractivity contribution is 6.26. The summed E-state index contributed by atoms with van der Waals surface area (Å²) in [6, 6.07) is 65.4. The molecule has 0 aliphatic carbocycles. The van der Waals surface area contributed by atoms with E-state index in [2.05, 4.69) is 191 Å². The first-order valence-electron chi connectivity index (χ1n) is 19.1. The zero-order chi connectivity index (χ0) is 36.7. The van der Waals surface area contributed by atoms with Crippen molar-refractivity contribution in [2.45, 2.75) is 0 Å². The maximum Gasteiger partial charge on any atom is 0.0703 e. The van der Waals surface area contributed by atoms with Crippen LogP contribution < -0.4 is 0 Å². The average molecular weight is 713 g/mol. The highest BCUT2D eigenvalue weighted by Gasteiger charge is 2.16. The Hall–Kier alpha value is -7.56. The van der Waals surface area contributed by atoms with Gasteiger partial charge in [0.15, 0.2) is 0 Å². The Kier molecular flexibility index (Phi) is 6.60. The molecule has 0 atom stereocenters. The van der Waals surface area contributed by atoms with E-state index in [1.165, 1.54) is 75.9 Å². The molecule has 0 spiro atoms. The molecule has 0 amide bonds. The molecule has 12 aromatic rings. The minimum atomic E-state index is 0.950. The molecule has 0 saturated heterocycles. The highest BCUT2D eigenvalue weighted by Crippen LogP contribution is 2.39. The van der Waals surface area contributed by atoms with E-state index in [1.54, 1.807) is 0 Å². The Balaban J connectivity index is 0.936. The number of rotatable bonds is 4. The highest BCUT2D eigenvalue weighted by atomic mass is 15.0. The van der Waals surface area contributed by atoms with Crippen LogP contribution in [0.1, 0.15) is 0 Å². The molecule has 12 rings (SSSR count). The van der Waals surface area contributed by atoms with Gasteiger partial charge in [-0.25, -0.2) is 0 Å². The maximum atomic E-state index is 5.04. The Bertz CT molecular complexity index is 3150. The summed E-state index contributed by atoms with van der Waals surface area (Å²) in [4.78, 5) is 10.1. The van der Waals surface area contributed by atoms with Gasteiger partial charge in [0.25, 0.3) is 0 Å². The first kappa shape index (κ1) is 30.9. The van der Waals surface area contributed by atoms with E-state index in [-0.39, 0.29) is 0 Å². The van der Waals surface area contributed by atoms with Crippen molar-refractivity contribution in [1.29, 1.82) is 0 Å². The van der Waals surface area contributed by atoms with Gasteiger partial charge in [0.05, 0.1) is 57.2 Å². The van der Waals surface area contributed by atoms with E-state index >= 15 is 0 Å². The summed E-state index contributed by atoms with van der Waals surface area (Å²) in [6.45, 7) is 0. The smallest absolute Gasteiger partial charge is 0.0703 e. The van der Waals surface area contributed by atoms with Crippen LogP contribution in [0.5, 0.6) is 0 Å². The second-order valence-corrected chi connectivity index (χ2v) is 14.6. The Morgan fingerprint density at radius 3 is 0.929 bits per heavy atom. The fraction of sp³-hybridized carbons (Fsp3) is 0. The van der Waals surface area contributed by atoms with Gasteiger partial charge in [-0.1, -0.05) is 121 Å². The summed E-state index contributed by atoms with van der Waals surface area (Å²) in [5.74, 6) is 0. The summed E-state index contributed by atoms with van der Waals surface area (Å²) >= 11 is 0. The molecule has 4 heterocycles. The molecule has 0 aliphatic rings. The molecule has 0 N–H and O–H groups in total. The molecule has 0 aliphatic heterocycles. The van der Waals surface area contributed by atoms with Crippen molar-refractivity contribution in [3.8, 4) is 33.9 Å². The molecule has 56 heavy (non-hydrogen) atoms. The fourth-order valence-corrected chi connectivity index (χ4v) is 9.06. The third kappa shape index (κ3) is 4.53. The van der Waals surface area contributed by atoms with Gasteiger partial charge in [-0.2, -0.15) is 0 Å². The second kappa shape index (κ2) is 12.0. The van der Waals surface area contributed by atoms with Gasteiger partial charge in [-0.05, 0) is 93.0 Å². The van der Waals surface area contributed by atoms with Gasteiger partial charge in [0, 0.05) is 32.7 Å². The third-order valence-corrected chi connectivity index (χ3v) is 11.6. The monoisotopic (exact) mass is 712 g/mol. The molecule has 4 heteroatoms. The van der Waals surface area contributed by atoms with Gasteiger partial charge < -0.3 is 9.13 Å². The Morgan fingerprint density at radius 2 is 0.589 bits per heavy atom. The van der Waals surface area contributed by atoms with Crippen LogP contribution in [0.25, 0.3) is 110 Å². The Morgan fingerprint density at radius 1 is 0.268 bits per heavy atom. The van der Waals surface area contributed by atoms with Crippen molar-refractivity contribution in [2.75, 3.05) is 0 Å². The summed E-state index contributed by atoms with van der Waals surface area (Å²) in [6.07, 6.45) is 4.00. The van der Waals surface area contributed by atoms with Crippen LogP contribution in [0.2, 0.25) is 0 Å². The Labute approximate surface area is 322 Å². The zero-order valence-corrected chi connectivity index (χ0v) is 30.3. The normalized spacial score (nSPS) is 11.9. The number of benzene rings is 8. The van der Waals surface area contributed by atoms with Crippen LogP contribution in [0.4, 0.5) is 0 Å². The number of fused-ring (bicyclic) bond motifs is 12. The molecule has 0 unspecified atom stereocenters. The van der Waals surface area contributed by atoms with Crippen molar-refractivity contribution in [3.05, 3.63) is 194 Å². The summed E-state index contributed by atoms with van der Waals surface area (Å²) < 4.78 is 4.62. The molecule has 0 radical (unpaired) electrons. The minimum absolute atomic E-state index is 0.950. The van der Waals surface area contributed by atoms with Crippen LogP contribution >= 0.6 is 0 Å². The van der Waals surface area contributed by atoms with Gasteiger partial charge in [0.2, 0.25) is 0 Å². The lowest BCUT2D eigenvalue weighted by Crippen LogP contribution is -1.95. The van der Waals surface area contributed by atoms with E-state index in [4.69, 9.17) is 9.97 Å². The number of para-hydroxylation sites is 4. The predicted octanol–water partition coefficient (Wildman–Crippen LogP) is 13.5. The molecule has 4 aromatic heterocycles. The molecule has 0 fully saturated rings. The standard InChI is InChI=1S/C52H32N4/c1-2-12-38-37(11-1)45-29-33(47-27-23-35(31-53-47)55-49-17-7-3-13-41(49)42-14-4-8-18-50(42)55)21-25-39(45)40-26-22-34(30-46(38)40)48-28-24-36(32-54-48)56-51-19-9-5-15-43(51)44-16-6-10-20-52(44)56/h1-32H. The lowest BCUT2D eigenvalue weighted by atomic mass is 9.91. The molecular weight excluding hydrogens is 681 g/mol. The van der Waals surface area contributed by atoms with E-state index in [0.29, 0.717) is 0 Å². The molecular formula is C52H32N4. The summed E-state index contributed by atoms with van der Waals surface area (Å²) in [7, 11) is 0. The van der Waals surface area contributed by atoms with E-state index < -0.39 is 0 Å². The molecule has 260 valence electrons. The number of aromatic nitrogens is 4. The lowest BCUT2D eigenvalue weighted by Gasteiger charge is -2.14. The fourth-order valence-electron chi connectivity index (χ4n) is 9.06. The maximum absolute atomic E-state index is 5.04. The number of nitrogens with zero attached hydrogens (tertiary/aromatic N) is 4. The average Bonchev–Trinajstić information content (AvgIpc) is 3.79. The van der Waals surface area contributed by atoms with Crippen molar-refractivity contribution in [3.63, 3.8) is 0 Å². The third-order valence-electron chi connectivity index (χ3n) is 11.6. The van der Waals surface area contributed by atoms with Gasteiger partial charge >= 0.3 is 0 Å². The minimum Gasteiger partial charge on any atom is -0.308 e. The zero-order valence-electron chi connectivity index (χ0n) is 30.3. The van der Waals surface area contributed by atoms with Crippen LogP contribution in [-0.4, -0.2) is 19.1 Å². The van der Waals surface area contributed by atoms with Gasteiger partial charge in [-0.15, -0.1) is 0 Å². The van der Waals surface area contributed by atoms with E-state index in [0.717, 1.165) is 33.9 Å². The van der Waals surface area contributed by atoms with Crippen LogP contribution in [-0.2, 0) is 0 Å². The molecule has 8 aromatic carbocycles. The second-order valence-electron chi connectivity index (χ2n) is 14.6. The first-order chi connectivity index (χ1) is 27.8. The van der Waals surface area contributed by atoms with Crippen molar-refractivity contribution in [2.24, 2.45) is 0 Å². The predicted molar refractivity (Wildman–Crippen MR) is 234 cm³/mol. The van der Waals surface area contributed by atoms with E-state index in [9.17, 15) is 0 Å². The summed E-state index contributed by atoms with van der Waals surface area (Å²) in [5, 5.41) is 12.3. The topological polar surface area (TPSA) is 35.6 Å². The quantitative estimate of drug-likeness (QED) is 0.170. The SMILES string of the molecule is c1ccc2c(c1)c1cc(-c3ccc(-n4c5ccccc5c5ccccc54)cn3)ccc1c1ccc(-c3ccc(-n4c5ccccc5c5ccccc54)cn3)cc21. The largest absolute Gasteiger partial charge is 0.308 e. The van der Waals surface area contributed by atoms with Crippen molar-refractivity contribution in [1.82, 2.24) is 19.1 Å². The molecule has 0 saturated carbocycles. The van der Waals surface area contributed by atoms with Gasteiger partial charge in [0.1, 0.15) is 0 Å². The summed E-state index contributed by atoms with van der Waals surface area (Å²) in [5.41, 5.74) is 10.9. The van der Waals surface area contributed by atoms with E-state index in [1.807, 2.05) is 12.4 Å². The molecule has 0 bridgehead atoms. The number of pyridine rings is 2. The lowest BCUT2D eigenvalue weighted by molar-refractivity contribution is 1.14. The first-order valence-corrected chi connectivity index (χ1v) is 19.1. The van der Waals surface area contributed by atoms with Crippen molar-refractivity contribution < 1.29 is 0 Å².